The highest BCUT2D eigenvalue weighted by Gasteiger charge is 2.52. The summed E-state index contributed by atoms with van der Waals surface area (Å²) in [6, 6.07) is 3.73. The molecule has 0 spiro atoms. The van der Waals surface area contributed by atoms with E-state index in [1.54, 1.807) is 6.07 Å². The molecule has 110 valence electrons. The zero-order valence-corrected chi connectivity index (χ0v) is 12.9. The van der Waals surface area contributed by atoms with E-state index in [0.717, 1.165) is 11.1 Å². The molecule has 2 aliphatic rings. The molecule has 3 atom stereocenters. The molecule has 0 radical (unpaired) electrons. The lowest BCUT2D eigenvalue weighted by atomic mass is 9.80. The van der Waals surface area contributed by atoms with E-state index >= 15 is 0 Å². The summed E-state index contributed by atoms with van der Waals surface area (Å²) in [6.45, 7) is 3.81. The fourth-order valence-corrected chi connectivity index (χ4v) is 4.22. The van der Waals surface area contributed by atoms with Gasteiger partial charge in [-0.2, -0.15) is 0 Å². The van der Waals surface area contributed by atoms with E-state index in [0.29, 0.717) is 23.4 Å². The van der Waals surface area contributed by atoms with Gasteiger partial charge in [-0.3, -0.25) is 14.4 Å². The summed E-state index contributed by atoms with van der Waals surface area (Å²) in [6.07, 6.45) is 1.13. The lowest BCUT2D eigenvalue weighted by molar-refractivity contribution is -0.129. The van der Waals surface area contributed by atoms with Gasteiger partial charge in [0, 0.05) is 29.7 Å². The first kappa shape index (κ1) is 14.5. The normalized spacial score (nSPS) is 28.9. The summed E-state index contributed by atoms with van der Waals surface area (Å²) in [7, 11) is 0. The maximum atomic E-state index is 12.7. The first-order valence-corrected chi connectivity index (χ1v) is 7.63. The molecule has 0 bridgehead atoms. The fraction of sp³-hybridized carbons (Fsp3) is 0.471. The molecule has 1 aromatic rings. The van der Waals surface area contributed by atoms with E-state index in [1.165, 1.54) is 0 Å². The second kappa shape index (κ2) is 5.06. The monoisotopic (exact) mass is 304 g/mol. The molecule has 2 saturated carbocycles. The lowest BCUT2D eigenvalue weighted by Crippen LogP contribution is -2.26. The number of hydrogen-bond acceptors (Lipinski definition) is 3. The van der Waals surface area contributed by atoms with Crippen LogP contribution in [0.25, 0.3) is 0 Å². The minimum absolute atomic E-state index is 0.0497. The van der Waals surface area contributed by atoms with Crippen LogP contribution >= 0.6 is 11.6 Å². The van der Waals surface area contributed by atoms with Gasteiger partial charge in [0.25, 0.3) is 0 Å². The number of carbonyl (C=O) groups is 3. The zero-order valence-electron chi connectivity index (χ0n) is 12.1. The third-order valence-corrected chi connectivity index (χ3v) is 5.05. The molecule has 0 aromatic heterocycles. The molecule has 3 unspecified atom stereocenters. The molecule has 2 aliphatic carbocycles. The highest BCUT2D eigenvalue weighted by molar-refractivity contribution is 6.33. The summed E-state index contributed by atoms with van der Waals surface area (Å²) in [5.41, 5.74) is 2.52. The van der Waals surface area contributed by atoms with Crippen molar-refractivity contribution >= 4 is 29.0 Å². The molecule has 2 fully saturated rings. The van der Waals surface area contributed by atoms with Crippen molar-refractivity contribution in [3.05, 3.63) is 33.8 Å². The van der Waals surface area contributed by atoms with Gasteiger partial charge in [-0.1, -0.05) is 17.7 Å². The van der Waals surface area contributed by atoms with Crippen LogP contribution in [0.2, 0.25) is 5.02 Å². The molecule has 0 amide bonds. The summed E-state index contributed by atoms with van der Waals surface area (Å²) in [5, 5.41) is 0.476. The number of hydrogen-bond donors (Lipinski definition) is 0. The molecule has 3 nitrogen and oxygen atoms in total. The molecule has 0 N–H and O–H groups in total. The first-order valence-electron chi connectivity index (χ1n) is 7.26. The van der Waals surface area contributed by atoms with Crippen LogP contribution in [-0.2, 0) is 14.4 Å². The SMILES string of the molecule is Cc1cc(C)c(C2C(=O)C3CCC(=O)CC3C2=O)c(Cl)c1. The smallest absolute Gasteiger partial charge is 0.152 e. The van der Waals surface area contributed by atoms with E-state index < -0.39 is 11.8 Å². The molecule has 1 aromatic carbocycles. The van der Waals surface area contributed by atoms with Gasteiger partial charge < -0.3 is 0 Å². The van der Waals surface area contributed by atoms with Crippen LogP contribution in [0.3, 0.4) is 0 Å². The van der Waals surface area contributed by atoms with E-state index in [2.05, 4.69) is 0 Å². The predicted molar refractivity (Wildman–Crippen MR) is 79.5 cm³/mol. The van der Waals surface area contributed by atoms with Crippen molar-refractivity contribution in [3.8, 4) is 0 Å². The van der Waals surface area contributed by atoms with Crippen molar-refractivity contribution in [1.82, 2.24) is 0 Å². The number of aryl methyl sites for hydroxylation is 2. The quantitative estimate of drug-likeness (QED) is 0.749. The largest absolute Gasteiger partial charge is 0.300 e. The second-order valence-electron chi connectivity index (χ2n) is 6.21. The Kier molecular flexibility index (Phi) is 3.48. The Hall–Kier alpha value is -1.48. The Morgan fingerprint density at radius 1 is 1.05 bits per heavy atom. The number of fused-ring (bicyclic) bond motifs is 1. The number of benzene rings is 1. The summed E-state index contributed by atoms with van der Waals surface area (Å²) in [5.74, 6) is -1.58. The minimum atomic E-state index is -0.779. The molecule has 4 heteroatoms. The molecule has 0 heterocycles. The Balaban J connectivity index is 2.06. The predicted octanol–water partition coefficient (Wildman–Crippen LogP) is 3.18. The van der Waals surface area contributed by atoms with Gasteiger partial charge in [0.05, 0.1) is 0 Å². The highest BCUT2D eigenvalue weighted by atomic mass is 35.5. The molecule has 3 rings (SSSR count). The topological polar surface area (TPSA) is 51.2 Å². The van der Waals surface area contributed by atoms with Crippen molar-refractivity contribution in [2.24, 2.45) is 11.8 Å². The van der Waals surface area contributed by atoms with Crippen LogP contribution in [-0.4, -0.2) is 17.3 Å². The van der Waals surface area contributed by atoms with Crippen molar-refractivity contribution in [2.45, 2.75) is 39.0 Å². The third-order valence-electron chi connectivity index (χ3n) is 4.74. The van der Waals surface area contributed by atoms with Gasteiger partial charge >= 0.3 is 0 Å². The maximum Gasteiger partial charge on any atom is 0.152 e. The number of Topliss-reactive ketones (excluding diaryl/α,β-unsaturated/α-hetero) is 3. The number of carbonyl (C=O) groups excluding carboxylic acids is 3. The van der Waals surface area contributed by atoms with Gasteiger partial charge in [-0.05, 0) is 43.0 Å². The first-order chi connectivity index (χ1) is 9.90. The Labute approximate surface area is 128 Å². The van der Waals surface area contributed by atoms with Gasteiger partial charge in [-0.15, -0.1) is 0 Å². The Bertz CT molecular complexity index is 639. The molecular weight excluding hydrogens is 288 g/mol. The van der Waals surface area contributed by atoms with Crippen LogP contribution in [0.5, 0.6) is 0 Å². The van der Waals surface area contributed by atoms with E-state index in [9.17, 15) is 14.4 Å². The van der Waals surface area contributed by atoms with Crippen LogP contribution < -0.4 is 0 Å². The molecule has 21 heavy (non-hydrogen) atoms. The average molecular weight is 305 g/mol. The zero-order chi connectivity index (χ0) is 15.3. The summed E-state index contributed by atoms with van der Waals surface area (Å²) < 4.78 is 0. The molecular formula is C17H17ClO3. The average Bonchev–Trinajstić information content (AvgIpc) is 2.62. The molecule has 0 saturated heterocycles. The molecule has 0 aliphatic heterocycles. The van der Waals surface area contributed by atoms with Crippen molar-refractivity contribution in [3.63, 3.8) is 0 Å². The van der Waals surface area contributed by atoms with Gasteiger partial charge in [0.1, 0.15) is 11.7 Å². The summed E-state index contributed by atoms with van der Waals surface area (Å²) in [4.78, 5) is 36.9. The van der Waals surface area contributed by atoms with Gasteiger partial charge in [0.15, 0.2) is 11.6 Å². The maximum absolute atomic E-state index is 12.7. The van der Waals surface area contributed by atoms with Crippen molar-refractivity contribution in [2.75, 3.05) is 0 Å². The number of halogens is 1. The number of rotatable bonds is 1. The van der Waals surface area contributed by atoms with Crippen LogP contribution in [0.4, 0.5) is 0 Å². The Morgan fingerprint density at radius 2 is 1.71 bits per heavy atom. The van der Waals surface area contributed by atoms with Crippen molar-refractivity contribution < 1.29 is 14.4 Å². The fourth-order valence-electron chi connectivity index (χ4n) is 3.79. The second-order valence-corrected chi connectivity index (χ2v) is 6.62. The van der Waals surface area contributed by atoms with E-state index in [4.69, 9.17) is 11.6 Å². The van der Waals surface area contributed by atoms with Crippen LogP contribution in [0, 0.1) is 25.7 Å². The van der Waals surface area contributed by atoms with Crippen LogP contribution in [0.15, 0.2) is 12.1 Å². The van der Waals surface area contributed by atoms with E-state index in [1.807, 2.05) is 19.9 Å². The van der Waals surface area contributed by atoms with Crippen molar-refractivity contribution in [1.29, 1.82) is 0 Å². The summed E-state index contributed by atoms with van der Waals surface area (Å²) >= 11 is 6.30. The standard InChI is InChI=1S/C17H17ClO3/c1-8-5-9(2)14(13(18)6-8)15-16(20)11-4-3-10(19)7-12(11)17(15)21/h5-6,11-12,15H,3-4,7H2,1-2H3. The van der Waals surface area contributed by atoms with Crippen LogP contribution in [0.1, 0.15) is 41.9 Å². The van der Waals surface area contributed by atoms with E-state index in [-0.39, 0.29) is 29.7 Å². The van der Waals surface area contributed by atoms with Gasteiger partial charge in [0.2, 0.25) is 0 Å². The minimum Gasteiger partial charge on any atom is -0.300 e. The highest BCUT2D eigenvalue weighted by Crippen LogP contribution is 2.45. The lowest BCUT2D eigenvalue weighted by Gasteiger charge is -2.20. The van der Waals surface area contributed by atoms with Gasteiger partial charge in [-0.25, -0.2) is 0 Å². The number of ketones is 3. The third kappa shape index (κ3) is 2.24. The Morgan fingerprint density at radius 3 is 2.38 bits per heavy atom.